The number of halogens is 4. The first-order valence-corrected chi connectivity index (χ1v) is 13.0. The van der Waals surface area contributed by atoms with Gasteiger partial charge in [0.05, 0.1) is 17.8 Å². The van der Waals surface area contributed by atoms with Crippen LogP contribution in [-0.4, -0.2) is 59.3 Å². The van der Waals surface area contributed by atoms with E-state index in [-0.39, 0.29) is 30.5 Å². The molecule has 0 aliphatic rings. The molecule has 8 nitrogen and oxygen atoms in total. The van der Waals surface area contributed by atoms with E-state index in [9.17, 15) is 21.8 Å². The van der Waals surface area contributed by atoms with Gasteiger partial charge in [-0.25, -0.2) is 18.6 Å². The molecule has 196 valence electrons. The molecule has 1 aromatic heterocycles. The first-order chi connectivity index (χ1) is 16.8. The van der Waals surface area contributed by atoms with Crippen molar-refractivity contribution < 1.29 is 36.0 Å². The highest BCUT2D eigenvalue weighted by Crippen LogP contribution is 2.41. The molecular formula is C23H26F4N4O4S. The Morgan fingerprint density at radius 2 is 1.89 bits per heavy atom. The molecule has 0 saturated carbocycles. The Bertz CT molecular complexity index is 1370. The van der Waals surface area contributed by atoms with Crippen molar-refractivity contribution in [1.29, 1.82) is 0 Å². The Balaban J connectivity index is 2.14. The van der Waals surface area contributed by atoms with Crippen LogP contribution in [0.5, 0.6) is 11.5 Å². The number of nitrogens with zero attached hydrogens (tertiary/aromatic N) is 3. The van der Waals surface area contributed by atoms with Gasteiger partial charge in [0.2, 0.25) is 0 Å². The monoisotopic (exact) mass is 530 g/mol. The number of methoxy groups -OCH3 is 1. The minimum Gasteiger partial charge on any atom is -0.489 e. The van der Waals surface area contributed by atoms with Crippen molar-refractivity contribution in [2.45, 2.75) is 26.1 Å². The van der Waals surface area contributed by atoms with Crippen molar-refractivity contribution >= 4 is 37.8 Å². The molecule has 36 heavy (non-hydrogen) atoms. The standard InChI is InChI=1S/C23H26F4N4O4S/c1-13-20-17(11-18(31-36(4,5)32)21(13)34-9-8-33-3)28-12-29-22(20)30-16-7-6-15(24)10-19(16)35-14(2)23(25,26)27/h6-7,10-12,14H,8-9H2,1-5H3,(H,28,29,30)/t14-/m1/s1. The zero-order chi connectivity index (χ0) is 26.7. The summed E-state index contributed by atoms with van der Waals surface area (Å²) in [5, 5.41) is 3.40. The number of hydrogen-bond donors (Lipinski definition) is 1. The second-order valence-electron chi connectivity index (χ2n) is 8.15. The highest BCUT2D eigenvalue weighted by Gasteiger charge is 2.38. The smallest absolute Gasteiger partial charge is 0.425 e. The predicted molar refractivity (Wildman–Crippen MR) is 130 cm³/mol. The average Bonchev–Trinajstić information content (AvgIpc) is 2.76. The molecule has 0 spiro atoms. The molecule has 3 rings (SSSR count). The maximum Gasteiger partial charge on any atom is 0.425 e. The Labute approximate surface area is 206 Å². The van der Waals surface area contributed by atoms with E-state index in [2.05, 4.69) is 19.6 Å². The number of alkyl halides is 3. The number of anilines is 2. The Morgan fingerprint density at radius 3 is 2.53 bits per heavy atom. The second kappa shape index (κ2) is 10.8. The number of benzene rings is 2. The summed E-state index contributed by atoms with van der Waals surface area (Å²) in [6.45, 7) is 3.02. The van der Waals surface area contributed by atoms with Gasteiger partial charge in [-0.15, -0.1) is 0 Å². The molecule has 0 amide bonds. The number of aromatic nitrogens is 2. The van der Waals surface area contributed by atoms with E-state index in [4.69, 9.17) is 14.2 Å². The summed E-state index contributed by atoms with van der Waals surface area (Å²) < 4.78 is 85.7. The molecule has 0 saturated heterocycles. The summed E-state index contributed by atoms with van der Waals surface area (Å²) in [6, 6.07) is 4.77. The van der Waals surface area contributed by atoms with Gasteiger partial charge in [-0.3, -0.25) is 0 Å². The molecule has 3 aromatic rings. The maximum absolute atomic E-state index is 13.9. The van der Waals surface area contributed by atoms with Gasteiger partial charge in [0, 0.05) is 46.4 Å². The van der Waals surface area contributed by atoms with Gasteiger partial charge in [-0.2, -0.15) is 17.5 Å². The van der Waals surface area contributed by atoms with Gasteiger partial charge in [0.15, 0.2) is 6.10 Å². The van der Waals surface area contributed by atoms with Gasteiger partial charge < -0.3 is 19.5 Å². The van der Waals surface area contributed by atoms with Gasteiger partial charge in [-0.1, -0.05) is 0 Å². The number of rotatable bonds is 9. The third-order valence-electron chi connectivity index (χ3n) is 4.91. The fourth-order valence-corrected chi connectivity index (χ4v) is 3.88. The molecule has 13 heteroatoms. The van der Waals surface area contributed by atoms with Crippen LogP contribution in [0.15, 0.2) is 35.0 Å². The number of ether oxygens (including phenoxy) is 3. The first-order valence-electron chi connectivity index (χ1n) is 10.7. The summed E-state index contributed by atoms with van der Waals surface area (Å²) >= 11 is 0. The fraction of sp³-hybridized carbons (Fsp3) is 0.391. The van der Waals surface area contributed by atoms with E-state index >= 15 is 0 Å². The van der Waals surface area contributed by atoms with Gasteiger partial charge in [0.25, 0.3) is 0 Å². The SMILES string of the molecule is COCCOc1c(N=S(C)(C)=O)cc2ncnc(Nc3ccc(F)cc3O[C@H](C)C(F)(F)F)c2c1C. The zero-order valence-corrected chi connectivity index (χ0v) is 21.1. The van der Waals surface area contributed by atoms with Crippen LogP contribution in [0.2, 0.25) is 0 Å². The normalized spacial score (nSPS) is 12.9. The van der Waals surface area contributed by atoms with Crippen LogP contribution in [0.3, 0.4) is 0 Å². The third-order valence-corrected chi connectivity index (χ3v) is 5.55. The molecule has 1 atom stereocenters. The predicted octanol–water partition coefficient (Wildman–Crippen LogP) is 5.53. The van der Waals surface area contributed by atoms with Crippen molar-refractivity contribution in [3.63, 3.8) is 0 Å². The van der Waals surface area contributed by atoms with Crippen LogP contribution in [-0.2, 0) is 14.5 Å². The molecular weight excluding hydrogens is 504 g/mol. The zero-order valence-electron chi connectivity index (χ0n) is 20.3. The molecule has 0 unspecified atom stereocenters. The van der Waals surface area contributed by atoms with Crippen molar-refractivity contribution in [2.24, 2.45) is 4.36 Å². The van der Waals surface area contributed by atoms with Gasteiger partial charge >= 0.3 is 6.18 Å². The largest absolute Gasteiger partial charge is 0.489 e. The molecule has 0 fully saturated rings. The molecule has 1 heterocycles. The third kappa shape index (κ3) is 6.72. The molecule has 0 aliphatic carbocycles. The molecule has 1 N–H and O–H groups in total. The lowest BCUT2D eigenvalue weighted by Gasteiger charge is -2.21. The van der Waals surface area contributed by atoms with Crippen LogP contribution in [0, 0.1) is 12.7 Å². The molecule has 2 aromatic carbocycles. The minimum absolute atomic E-state index is 0.0626. The van der Waals surface area contributed by atoms with Crippen LogP contribution >= 0.6 is 0 Å². The Kier molecular flexibility index (Phi) is 8.24. The van der Waals surface area contributed by atoms with Crippen LogP contribution in [0.25, 0.3) is 10.9 Å². The summed E-state index contributed by atoms with van der Waals surface area (Å²) in [4.78, 5) is 8.50. The second-order valence-corrected chi connectivity index (χ2v) is 10.7. The van der Waals surface area contributed by atoms with Crippen LogP contribution in [0.1, 0.15) is 12.5 Å². The molecule has 0 aliphatic heterocycles. The van der Waals surface area contributed by atoms with Crippen LogP contribution in [0.4, 0.5) is 34.8 Å². The number of fused-ring (bicyclic) bond motifs is 1. The van der Waals surface area contributed by atoms with Crippen molar-refractivity contribution in [1.82, 2.24) is 9.97 Å². The minimum atomic E-state index is -4.65. The van der Waals surface area contributed by atoms with Crippen LogP contribution < -0.4 is 14.8 Å². The van der Waals surface area contributed by atoms with E-state index in [1.807, 2.05) is 0 Å². The fourth-order valence-electron chi connectivity index (χ4n) is 3.27. The van der Waals surface area contributed by atoms with E-state index < -0.39 is 27.8 Å². The lowest BCUT2D eigenvalue weighted by molar-refractivity contribution is -0.189. The van der Waals surface area contributed by atoms with Crippen molar-refractivity contribution in [2.75, 3.05) is 38.2 Å². The van der Waals surface area contributed by atoms with E-state index in [1.54, 1.807) is 13.0 Å². The lowest BCUT2D eigenvalue weighted by atomic mass is 10.1. The summed E-state index contributed by atoms with van der Waals surface area (Å²) in [7, 11) is -1.03. The van der Waals surface area contributed by atoms with Crippen molar-refractivity contribution in [3.8, 4) is 11.5 Å². The van der Waals surface area contributed by atoms with E-state index in [1.165, 1.54) is 32.0 Å². The highest BCUT2D eigenvalue weighted by molar-refractivity contribution is 7.92. The first kappa shape index (κ1) is 27.4. The van der Waals surface area contributed by atoms with Gasteiger partial charge in [0.1, 0.15) is 41.8 Å². The molecule has 0 radical (unpaired) electrons. The van der Waals surface area contributed by atoms with Gasteiger partial charge in [-0.05, 0) is 32.0 Å². The lowest BCUT2D eigenvalue weighted by Crippen LogP contribution is -2.31. The quantitative estimate of drug-likeness (QED) is 0.287. The summed E-state index contributed by atoms with van der Waals surface area (Å²) in [5.74, 6) is -0.568. The van der Waals surface area contributed by atoms with E-state index in [0.717, 1.165) is 19.1 Å². The Morgan fingerprint density at radius 1 is 1.17 bits per heavy atom. The summed E-state index contributed by atoms with van der Waals surface area (Å²) in [6.07, 6.45) is -2.61. The highest BCUT2D eigenvalue weighted by atomic mass is 32.2. The summed E-state index contributed by atoms with van der Waals surface area (Å²) in [5.41, 5.74) is 1.34. The maximum atomic E-state index is 13.9. The number of hydrogen-bond acceptors (Lipinski definition) is 8. The average molecular weight is 531 g/mol. The van der Waals surface area contributed by atoms with E-state index in [0.29, 0.717) is 27.9 Å². The Hall–Kier alpha value is -3.19. The number of nitrogens with one attached hydrogen (secondary N) is 1. The topological polar surface area (TPSA) is 94.9 Å². The molecule has 0 bridgehead atoms. The van der Waals surface area contributed by atoms with Crippen molar-refractivity contribution in [3.05, 3.63) is 42.0 Å². The number of aryl methyl sites for hydroxylation is 1.